The lowest BCUT2D eigenvalue weighted by molar-refractivity contribution is 0.0574. The highest BCUT2D eigenvalue weighted by molar-refractivity contribution is 5.96. The Hall–Kier alpha value is -2.73. The van der Waals surface area contributed by atoms with Crippen LogP contribution in [-0.4, -0.2) is 49.6 Å². The Morgan fingerprint density at radius 1 is 1.19 bits per heavy atom. The Morgan fingerprint density at radius 2 is 2.04 bits per heavy atom. The van der Waals surface area contributed by atoms with E-state index in [4.69, 9.17) is 0 Å². The number of nitrogens with zero attached hydrogens (tertiary/aromatic N) is 4. The summed E-state index contributed by atoms with van der Waals surface area (Å²) in [4.78, 5) is 23.8. The molecule has 0 saturated carbocycles. The van der Waals surface area contributed by atoms with Gasteiger partial charge < -0.3 is 10.0 Å². The van der Waals surface area contributed by atoms with Crippen LogP contribution in [-0.2, 0) is 0 Å². The minimum Gasteiger partial charge on any atom is -0.396 e. The lowest BCUT2D eigenvalue weighted by Gasteiger charge is -2.35. The van der Waals surface area contributed by atoms with E-state index in [1.54, 1.807) is 12.5 Å². The number of imidazole rings is 1. The van der Waals surface area contributed by atoms with Gasteiger partial charge in [0.15, 0.2) is 5.65 Å². The van der Waals surface area contributed by atoms with E-state index in [1.807, 2.05) is 45.9 Å². The van der Waals surface area contributed by atoms with Gasteiger partial charge in [-0.15, -0.1) is 0 Å². The zero-order valence-electron chi connectivity index (χ0n) is 14.6. The molecule has 6 nitrogen and oxygen atoms in total. The van der Waals surface area contributed by atoms with Crippen molar-refractivity contribution >= 4 is 17.1 Å². The van der Waals surface area contributed by atoms with Gasteiger partial charge >= 0.3 is 0 Å². The van der Waals surface area contributed by atoms with Crippen LogP contribution in [0.3, 0.4) is 0 Å². The van der Waals surface area contributed by atoms with Crippen molar-refractivity contribution in [3.63, 3.8) is 0 Å². The molecular formula is C20H22N4O2. The number of para-hydroxylation sites is 1. The first-order chi connectivity index (χ1) is 12.8. The summed E-state index contributed by atoms with van der Waals surface area (Å²) in [5, 5.41) is 9.28. The minimum atomic E-state index is -0.0215. The minimum absolute atomic E-state index is 0.0215. The number of fused-ring (bicyclic) bond motifs is 1. The SMILES string of the molecule is O=C(c1cnc2c(c1)ncn2-c1ccccc1)N1CCCCC1CCO. The third-order valence-electron chi connectivity index (χ3n) is 5.02. The van der Waals surface area contributed by atoms with Gasteiger partial charge in [0, 0.05) is 31.1 Å². The molecule has 1 saturated heterocycles. The van der Waals surface area contributed by atoms with Gasteiger partial charge in [-0.05, 0) is 43.9 Å². The summed E-state index contributed by atoms with van der Waals surface area (Å²) in [6, 6.07) is 11.8. The summed E-state index contributed by atoms with van der Waals surface area (Å²) in [7, 11) is 0. The third-order valence-corrected chi connectivity index (χ3v) is 5.02. The Balaban J connectivity index is 1.64. The first-order valence-electron chi connectivity index (χ1n) is 9.08. The van der Waals surface area contributed by atoms with Gasteiger partial charge in [-0.25, -0.2) is 9.97 Å². The number of carbonyl (C=O) groups is 1. The average molecular weight is 350 g/mol. The Labute approximate surface area is 152 Å². The van der Waals surface area contributed by atoms with Crippen molar-refractivity contribution in [1.29, 1.82) is 0 Å². The second kappa shape index (κ2) is 7.25. The number of aromatic nitrogens is 3. The van der Waals surface area contributed by atoms with Crippen molar-refractivity contribution < 1.29 is 9.90 Å². The number of rotatable bonds is 4. The molecule has 6 heteroatoms. The van der Waals surface area contributed by atoms with E-state index in [9.17, 15) is 9.90 Å². The Kier molecular flexibility index (Phi) is 4.67. The second-order valence-electron chi connectivity index (χ2n) is 6.68. The highest BCUT2D eigenvalue weighted by Gasteiger charge is 2.27. The molecule has 0 bridgehead atoms. The topological polar surface area (TPSA) is 71.2 Å². The number of hydrogen-bond acceptors (Lipinski definition) is 4. The molecule has 1 aliphatic heterocycles. The zero-order valence-corrected chi connectivity index (χ0v) is 14.6. The molecular weight excluding hydrogens is 328 g/mol. The summed E-state index contributed by atoms with van der Waals surface area (Å²) < 4.78 is 1.92. The van der Waals surface area contributed by atoms with Gasteiger partial charge in [-0.3, -0.25) is 9.36 Å². The molecule has 1 fully saturated rings. The number of benzene rings is 1. The van der Waals surface area contributed by atoms with E-state index in [1.165, 1.54) is 0 Å². The lowest BCUT2D eigenvalue weighted by Crippen LogP contribution is -2.44. The van der Waals surface area contributed by atoms with Gasteiger partial charge in [0.05, 0.1) is 5.56 Å². The number of aliphatic hydroxyl groups excluding tert-OH is 1. The normalized spacial score (nSPS) is 17.6. The number of aliphatic hydroxyl groups is 1. The van der Waals surface area contributed by atoms with E-state index in [0.717, 1.165) is 37.1 Å². The Bertz CT molecular complexity index is 905. The van der Waals surface area contributed by atoms with Crippen molar-refractivity contribution in [3.8, 4) is 5.69 Å². The van der Waals surface area contributed by atoms with E-state index >= 15 is 0 Å². The summed E-state index contributed by atoms with van der Waals surface area (Å²) in [6.45, 7) is 0.840. The Morgan fingerprint density at radius 3 is 2.85 bits per heavy atom. The molecule has 3 heterocycles. The van der Waals surface area contributed by atoms with E-state index in [-0.39, 0.29) is 18.6 Å². The maximum Gasteiger partial charge on any atom is 0.255 e. The number of carbonyl (C=O) groups excluding carboxylic acids is 1. The van der Waals surface area contributed by atoms with Crippen molar-refractivity contribution in [2.75, 3.05) is 13.2 Å². The molecule has 26 heavy (non-hydrogen) atoms. The molecule has 0 aliphatic carbocycles. The summed E-state index contributed by atoms with van der Waals surface area (Å²) >= 11 is 0. The molecule has 1 N–H and O–H groups in total. The number of likely N-dealkylation sites (tertiary alicyclic amines) is 1. The largest absolute Gasteiger partial charge is 0.396 e. The van der Waals surface area contributed by atoms with Gasteiger partial charge in [0.25, 0.3) is 5.91 Å². The monoisotopic (exact) mass is 350 g/mol. The van der Waals surface area contributed by atoms with Gasteiger partial charge in [-0.2, -0.15) is 0 Å². The molecule has 0 radical (unpaired) electrons. The van der Waals surface area contributed by atoms with Gasteiger partial charge in [0.2, 0.25) is 0 Å². The molecule has 1 unspecified atom stereocenters. The van der Waals surface area contributed by atoms with Crippen LogP contribution in [0.5, 0.6) is 0 Å². The molecule has 0 spiro atoms. The molecule has 1 aromatic carbocycles. The third kappa shape index (κ3) is 3.08. The first kappa shape index (κ1) is 16.7. The van der Waals surface area contributed by atoms with Crippen LogP contribution in [0, 0.1) is 0 Å². The first-order valence-corrected chi connectivity index (χ1v) is 9.08. The molecule has 1 aliphatic rings. The standard InChI is InChI=1S/C20H22N4O2/c25-11-9-17-8-4-5-10-23(17)20(26)15-12-18-19(21-13-15)24(14-22-18)16-6-2-1-3-7-16/h1-3,6-7,12-14,17,25H,4-5,8-11H2. The van der Waals surface area contributed by atoms with Gasteiger partial charge in [0.1, 0.15) is 11.8 Å². The molecule has 3 aromatic rings. The number of pyridine rings is 1. The lowest BCUT2D eigenvalue weighted by atomic mass is 9.98. The van der Waals surface area contributed by atoms with E-state index in [0.29, 0.717) is 17.5 Å². The van der Waals surface area contributed by atoms with Crippen LogP contribution < -0.4 is 0 Å². The van der Waals surface area contributed by atoms with Crippen molar-refractivity contribution in [2.24, 2.45) is 0 Å². The molecule has 1 atom stereocenters. The van der Waals surface area contributed by atoms with Crippen LogP contribution in [0.25, 0.3) is 16.9 Å². The van der Waals surface area contributed by atoms with E-state index < -0.39 is 0 Å². The molecule has 134 valence electrons. The van der Waals surface area contributed by atoms with Crippen LogP contribution in [0.1, 0.15) is 36.0 Å². The average Bonchev–Trinajstić information content (AvgIpc) is 3.12. The predicted octanol–water partition coefficient (Wildman–Crippen LogP) is 2.80. The van der Waals surface area contributed by atoms with Crippen LogP contribution >= 0.6 is 0 Å². The van der Waals surface area contributed by atoms with Crippen molar-refractivity contribution in [2.45, 2.75) is 31.7 Å². The summed E-state index contributed by atoms with van der Waals surface area (Å²) in [5.74, 6) is -0.0215. The summed E-state index contributed by atoms with van der Waals surface area (Å²) in [6.07, 6.45) is 7.06. The van der Waals surface area contributed by atoms with Crippen LogP contribution in [0.2, 0.25) is 0 Å². The number of amides is 1. The molecule has 4 rings (SSSR count). The van der Waals surface area contributed by atoms with Gasteiger partial charge in [-0.1, -0.05) is 18.2 Å². The second-order valence-corrected chi connectivity index (χ2v) is 6.68. The highest BCUT2D eigenvalue weighted by Crippen LogP contribution is 2.23. The van der Waals surface area contributed by atoms with Crippen LogP contribution in [0.15, 0.2) is 48.9 Å². The van der Waals surface area contributed by atoms with Crippen molar-refractivity contribution in [3.05, 3.63) is 54.5 Å². The molecule has 1 amide bonds. The van der Waals surface area contributed by atoms with E-state index in [2.05, 4.69) is 9.97 Å². The summed E-state index contributed by atoms with van der Waals surface area (Å²) in [5.41, 5.74) is 2.98. The predicted molar refractivity (Wildman–Crippen MR) is 99.2 cm³/mol. The number of piperidine rings is 1. The fraction of sp³-hybridized carbons (Fsp3) is 0.350. The van der Waals surface area contributed by atoms with Crippen LogP contribution in [0.4, 0.5) is 0 Å². The molecule has 2 aromatic heterocycles. The fourth-order valence-corrected chi connectivity index (χ4v) is 3.68. The maximum atomic E-state index is 13.0. The highest BCUT2D eigenvalue weighted by atomic mass is 16.3. The van der Waals surface area contributed by atoms with Crippen molar-refractivity contribution in [1.82, 2.24) is 19.4 Å². The smallest absolute Gasteiger partial charge is 0.255 e. The zero-order chi connectivity index (χ0) is 17.9. The maximum absolute atomic E-state index is 13.0. The fourth-order valence-electron chi connectivity index (χ4n) is 3.68. The quantitative estimate of drug-likeness (QED) is 0.785. The number of hydrogen-bond donors (Lipinski definition) is 1.